The fraction of sp³-hybridized carbons (Fsp3) is 0.250. The number of benzene rings is 2. The molecule has 1 aliphatic rings. The van der Waals surface area contributed by atoms with Gasteiger partial charge in [-0.15, -0.1) is 0 Å². The van der Waals surface area contributed by atoms with E-state index >= 15 is 0 Å². The minimum absolute atomic E-state index is 0.0188. The maximum absolute atomic E-state index is 12.2. The highest BCUT2D eigenvalue weighted by Crippen LogP contribution is 2.22. The molecule has 1 saturated heterocycles. The number of rotatable bonds is 6. The monoisotopic (exact) mass is 367 g/mol. The van der Waals surface area contributed by atoms with Crippen LogP contribution in [0.1, 0.15) is 16.7 Å². The van der Waals surface area contributed by atoms with E-state index in [9.17, 15) is 14.4 Å². The molecule has 0 aliphatic carbocycles. The number of hydrogen-bond donors (Lipinski definition) is 2. The summed E-state index contributed by atoms with van der Waals surface area (Å²) in [5.41, 5.74) is 3.26. The smallest absolute Gasteiger partial charge is 0.324 e. The predicted molar refractivity (Wildman–Crippen MR) is 100 cm³/mol. The first-order valence-corrected chi connectivity index (χ1v) is 8.60. The molecule has 1 fully saturated rings. The number of amides is 4. The third-order valence-electron chi connectivity index (χ3n) is 4.24. The zero-order chi connectivity index (χ0) is 19.4. The highest BCUT2D eigenvalue weighted by atomic mass is 16.5. The van der Waals surface area contributed by atoms with Gasteiger partial charge in [-0.2, -0.15) is 0 Å². The molecule has 0 radical (unpaired) electrons. The molecule has 0 spiro atoms. The van der Waals surface area contributed by atoms with Gasteiger partial charge >= 0.3 is 6.03 Å². The quantitative estimate of drug-likeness (QED) is 0.768. The Morgan fingerprint density at radius 1 is 1.15 bits per heavy atom. The molecule has 140 valence electrons. The number of urea groups is 1. The highest BCUT2D eigenvalue weighted by molar-refractivity contribution is 6.01. The molecule has 2 N–H and O–H groups in total. The number of carbonyl (C=O) groups excluding carboxylic acids is 3. The molecule has 7 heteroatoms. The van der Waals surface area contributed by atoms with Crippen LogP contribution in [-0.4, -0.2) is 35.9 Å². The first-order chi connectivity index (χ1) is 12.9. The van der Waals surface area contributed by atoms with Crippen LogP contribution >= 0.6 is 0 Å². The van der Waals surface area contributed by atoms with Crippen molar-refractivity contribution in [1.29, 1.82) is 0 Å². The van der Waals surface area contributed by atoms with Gasteiger partial charge in [0.05, 0.1) is 13.1 Å². The first kappa shape index (κ1) is 18.4. The number of imide groups is 1. The second-order valence-electron chi connectivity index (χ2n) is 6.40. The Morgan fingerprint density at radius 2 is 1.85 bits per heavy atom. The Balaban J connectivity index is 1.60. The van der Waals surface area contributed by atoms with Crippen LogP contribution in [0.4, 0.5) is 10.5 Å². The van der Waals surface area contributed by atoms with E-state index < -0.39 is 6.03 Å². The lowest BCUT2D eigenvalue weighted by molar-refractivity contribution is -0.125. The van der Waals surface area contributed by atoms with Gasteiger partial charge in [-0.1, -0.05) is 30.3 Å². The van der Waals surface area contributed by atoms with E-state index in [1.165, 1.54) is 0 Å². The molecule has 2 aromatic rings. The minimum Gasteiger partial charge on any atom is -0.483 e. The lowest BCUT2D eigenvalue weighted by Crippen LogP contribution is -2.30. The SMILES string of the molecule is Cc1cccc(C)c1OCC(=O)Nc1cccc(CN2C(=O)CNC2=O)c1. The average molecular weight is 367 g/mol. The first-order valence-electron chi connectivity index (χ1n) is 8.60. The van der Waals surface area contributed by atoms with Crippen LogP contribution in [0.3, 0.4) is 0 Å². The number of aryl methyl sites for hydroxylation is 2. The van der Waals surface area contributed by atoms with E-state index in [1.807, 2.05) is 32.0 Å². The van der Waals surface area contributed by atoms with Crippen molar-refractivity contribution in [3.8, 4) is 5.75 Å². The van der Waals surface area contributed by atoms with Gasteiger partial charge < -0.3 is 15.4 Å². The van der Waals surface area contributed by atoms with E-state index in [4.69, 9.17) is 4.74 Å². The normalized spacial score (nSPS) is 13.5. The van der Waals surface area contributed by atoms with E-state index in [0.717, 1.165) is 21.6 Å². The Hall–Kier alpha value is -3.35. The standard InChI is InChI=1S/C20H21N3O4/c1-13-5-3-6-14(2)19(13)27-12-17(24)22-16-8-4-7-15(9-16)11-23-18(25)10-21-20(23)26/h3-9H,10-12H2,1-2H3,(H,21,26)(H,22,24). The second-order valence-corrected chi connectivity index (χ2v) is 6.40. The van der Waals surface area contributed by atoms with Crippen LogP contribution < -0.4 is 15.4 Å². The molecule has 1 heterocycles. The lowest BCUT2D eigenvalue weighted by atomic mass is 10.1. The maximum atomic E-state index is 12.2. The van der Waals surface area contributed by atoms with Crippen LogP contribution in [-0.2, 0) is 16.1 Å². The van der Waals surface area contributed by atoms with Crippen molar-refractivity contribution in [1.82, 2.24) is 10.2 Å². The second kappa shape index (κ2) is 7.90. The summed E-state index contributed by atoms with van der Waals surface area (Å²) in [6.07, 6.45) is 0. The van der Waals surface area contributed by atoms with Crippen LogP contribution in [0.2, 0.25) is 0 Å². The third-order valence-corrected chi connectivity index (χ3v) is 4.24. The summed E-state index contributed by atoms with van der Waals surface area (Å²) in [5.74, 6) is 0.154. The Kier molecular flexibility index (Phi) is 5.40. The molecular formula is C20H21N3O4. The Labute approximate surface area is 157 Å². The number of nitrogens with one attached hydrogen (secondary N) is 2. The molecule has 0 unspecified atom stereocenters. The van der Waals surface area contributed by atoms with Gasteiger partial charge in [-0.05, 0) is 42.7 Å². The molecule has 4 amide bonds. The average Bonchev–Trinajstić information content (AvgIpc) is 2.94. The van der Waals surface area contributed by atoms with Gasteiger partial charge in [0.15, 0.2) is 6.61 Å². The largest absolute Gasteiger partial charge is 0.483 e. The highest BCUT2D eigenvalue weighted by Gasteiger charge is 2.28. The number of anilines is 1. The van der Waals surface area contributed by atoms with Crippen molar-refractivity contribution in [3.63, 3.8) is 0 Å². The lowest BCUT2D eigenvalue weighted by Gasteiger charge is -2.14. The van der Waals surface area contributed by atoms with E-state index in [1.54, 1.807) is 24.3 Å². The van der Waals surface area contributed by atoms with Gasteiger partial charge in [-0.25, -0.2) is 4.79 Å². The number of nitrogens with zero attached hydrogens (tertiary/aromatic N) is 1. The molecule has 1 aliphatic heterocycles. The Bertz CT molecular complexity index is 858. The summed E-state index contributed by atoms with van der Waals surface area (Å²) in [7, 11) is 0. The summed E-state index contributed by atoms with van der Waals surface area (Å²) >= 11 is 0. The van der Waals surface area contributed by atoms with Gasteiger partial charge in [-0.3, -0.25) is 14.5 Å². The van der Waals surface area contributed by atoms with Gasteiger partial charge in [0.2, 0.25) is 5.91 Å². The summed E-state index contributed by atoms with van der Waals surface area (Å²) in [6.45, 7) is 3.93. The molecule has 0 atom stereocenters. The molecule has 2 aromatic carbocycles. The predicted octanol–water partition coefficient (Wildman–Crippen LogP) is 2.37. The van der Waals surface area contributed by atoms with Crippen molar-refractivity contribution in [2.45, 2.75) is 20.4 Å². The zero-order valence-corrected chi connectivity index (χ0v) is 15.2. The van der Waals surface area contributed by atoms with Crippen LogP contribution in [0, 0.1) is 13.8 Å². The van der Waals surface area contributed by atoms with Crippen molar-refractivity contribution >= 4 is 23.5 Å². The fourth-order valence-electron chi connectivity index (χ4n) is 2.91. The maximum Gasteiger partial charge on any atom is 0.324 e. The number of hydrogen-bond acceptors (Lipinski definition) is 4. The minimum atomic E-state index is -0.406. The molecule has 0 bridgehead atoms. The number of carbonyl (C=O) groups is 3. The van der Waals surface area contributed by atoms with Gasteiger partial charge in [0.1, 0.15) is 5.75 Å². The van der Waals surface area contributed by atoms with Crippen molar-refractivity contribution in [3.05, 3.63) is 59.2 Å². The van der Waals surface area contributed by atoms with Crippen LogP contribution in [0.25, 0.3) is 0 Å². The fourth-order valence-corrected chi connectivity index (χ4v) is 2.91. The summed E-state index contributed by atoms with van der Waals surface area (Å²) < 4.78 is 5.65. The molecule has 7 nitrogen and oxygen atoms in total. The van der Waals surface area contributed by atoms with E-state index in [2.05, 4.69) is 10.6 Å². The Morgan fingerprint density at radius 3 is 2.52 bits per heavy atom. The molecular weight excluding hydrogens is 346 g/mol. The van der Waals surface area contributed by atoms with Crippen molar-refractivity contribution < 1.29 is 19.1 Å². The third kappa shape index (κ3) is 4.44. The van der Waals surface area contributed by atoms with Crippen LogP contribution in [0.15, 0.2) is 42.5 Å². The zero-order valence-electron chi connectivity index (χ0n) is 15.2. The van der Waals surface area contributed by atoms with Gasteiger partial charge in [0, 0.05) is 5.69 Å². The topological polar surface area (TPSA) is 87.7 Å². The molecule has 0 saturated carbocycles. The summed E-state index contributed by atoms with van der Waals surface area (Å²) in [5, 5.41) is 5.25. The van der Waals surface area contributed by atoms with Gasteiger partial charge in [0.25, 0.3) is 5.91 Å². The molecule has 27 heavy (non-hydrogen) atoms. The van der Waals surface area contributed by atoms with Crippen molar-refractivity contribution in [2.24, 2.45) is 0 Å². The number of ether oxygens (including phenoxy) is 1. The summed E-state index contributed by atoms with van der Waals surface area (Å²) in [6, 6.07) is 12.4. The van der Waals surface area contributed by atoms with Crippen molar-refractivity contribution in [2.75, 3.05) is 18.5 Å². The van der Waals surface area contributed by atoms with Crippen LogP contribution in [0.5, 0.6) is 5.75 Å². The van der Waals surface area contributed by atoms with E-state index in [0.29, 0.717) is 11.4 Å². The molecule has 0 aromatic heterocycles. The molecule has 3 rings (SSSR count). The van der Waals surface area contributed by atoms with E-state index in [-0.39, 0.29) is 31.5 Å². The summed E-state index contributed by atoms with van der Waals surface area (Å²) in [4.78, 5) is 36.7. The number of para-hydroxylation sites is 1.